The van der Waals surface area contributed by atoms with Crippen LogP contribution in [0.15, 0.2) is 36.7 Å². The van der Waals surface area contributed by atoms with E-state index in [9.17, 15) is 0 Å². The topological polar surface area (TPSA) is 43.8 Å². The highest BCUT2D eigenvalue weighted by Crippen LogP contribution is 2.17. The molecule has 0 spiro atoms. The first kappa shape index (κ1) is 11.9. The average molecular weight is 229 g/mol. The molecule has 1 unspecified atom stereocenters. The van der Waals surface area contributed by atoms with Crippen molar-refractivity contribution < 1.29 is 0 Å². The lowest BCUT2D eigenvalue weighted by Gasteiger charge is -2.11. The van der Waals surface area contributed by atoms with Crippen LogP contribution in [0.1, 0.15) is 29.2 Å². The van der Waals surface area contributed by atoms with Crippen molar-refractivity contribution in [3.63, 3.8) is 0 Å². The van der Waals surface area contributed by atoms with Gasteiger partial charge in [0.25, 0.3) is 0 Å². The van der Waals surface area contributed by atoms with Gasteiger partial charge in [0.15, 0.2) is 0 Å². The molecule has 0 aliphatic heterocycles. The van der Waals surface area contributed by atoms with Gasteiger partial charge in [-0.1, -0.05) is 29.8 Å². The quantitative estimate of drug-likeness (QED) is 0.874. The predicted molar refractivity (Wildman–Crippen MR) is 69.6 cm³/mol. The van der Waals surface area contributed by atoms with E-state index in [-0.39, 0.29) is 6.04 Å². The summed E-state index contributed by atoms with van der Waals surface area (Å²) in [5.41, 5.74) is 9.90. The van der Waals surface area contributed by atoms with Gasteiger partial charge in [-0.2, -0.15) is 5.10 Å². The maximum Gasteiger partial charge on any atom is 0.0521 e. The molecule has 1 heterocycles. The van der Waals surface area contributed by atoms with E-state index in [2.05, 4.69) is 36.3 Å². The van der Waals surface area contributed by atoms with Gasteiger partial charge in [0, 0.05) is 19.3 Å². The van der Waals surface area contributed by atoms with Gasteiger partial charge in [-0.15, -0.1) is 0 Å². The Kier molecular flexibility index (Phi) is 3.59. The standard InChI is InChI=1S/C14H19N3/c1-11-3-6-13(7-4-11)14(15)8-5-12-9-16-17(2)10-12/h3-4,6-7,9-10,14H,5,8,15H2,1-2H3. The number of nitrogens with two attached hydrogens (primary N) is 1. The van der Waals surface area contributed by atoms with Crippen molar-refractivity contribution in [2.75, 3.05) is 0 Å². The van der Waals surface area contributed by atoms with Crippen LogP contribution in [0.2, 0.25) is 0 Å². The van der Waals surface area contributed by atoms with Crippen molar-refractivity contribution >= 4 is 0 Å². The number of benzene rings is 1. The van der Waals surface area contributed by atoms with Crippen LogP contribution >= 0.6 is 0 Å². The summed E-state index contributed by atoms with van der Waals surface area (Å²) in [6.45, 7) is 2.09. The molecule has 0 saturated heterocycles. The van der Waals surface area contributed by atoms with E-state index >= 15 is 0 Å². The third-order valence-corrected chi connectivity index (χ3v) is 3.01. The first-order valence-electron chi connectivity index (χ1n) is 5.95. The number of nitrogens with zero attached hydrogens (tertiary/aromatic N) is 2. The molecule has 2 aromatic rings. The number of aryl methyl sites for hydroxylation is 3. The monoisotopic (exact) mass is 229 g/mol. The number of hydrogen-bond acceptors (Lipinski definition) is 2. The van der Waals surface area contributed by atoms with E-state index in [0.29, 0.717) is 0 Å². The van der Waals surface area contributed by atoms with Crippen molar-refractivity contribution in [3.8, 4) is 0 Å². The lowest BCUT2D eigenvalue weighted by molar-refractivity contribution is 0.650. The van der Waals surface area contributed by atoms with Crippen LogP contribution in [-0.2, 0) is 13.5 Å². The summed E-state index contributed by atoms with van der Waals surface area (Å²) in [6, 6.07) is 8.56. The van der Waals surface area contributed by atoms with Crippen LogP contribution in [0.4, 0.5) is 0 Å². The Morgan fingerprint density at radius 1 is 1.29 bits per heavy atom. The summed E-state index contributed by atoms with van der Waals surface area (Å²) in [4.78, 5) is 0. The number of hydrogen-bond donors (Lipinski definition) is 1. The van der Waals surface area contributed by atoms with Crippen LogP contribution < -0.4 is 5.73 Å². The van der Waals surface area contributed by atoms with E-state index in [4.69, 9.17) is 5.73 Å². The lowest BCUT2D eigenvalue weighted by atomic mass is 10.0. The highest BCUT2D eigenvalue weighted by Gasteiger charge is 2.06. The van der Waals surface area contributed by atoms with Gasteiger partial charge in [-0.25, -0.2) is 0 Å². The minimum atomic E-state index is 0.107. The first-order chi connectivity index (χ1) is 8.15. The van der Waals surface area contributed by atoms with Gasteiger partial charge in [-0.05, 0) is 30.9 Å². The molecule has 2 rings (SSSR count). The Hall–Kier alpha value is -1.61. The van der Waals surface area contributed by atoms with Crippen molar-refractivity contribution in [2.24, 2.45) is 12.8 Å². The molecule has 1 aromatic heterocycles. The molecular formula is C14H19N3. The second-order valence-corrected chi connectivity index (χ2v) is 4.58. The van der Waals surface area contributed by atoms with Crippen molar-refractivity contribution in [1.29, 1.82) is 0 Å². The highest BCUT2D eigenvalue weighted by atomic mass is 15.2. The van der Waals surface area contributed by atoms with Crippen molar-refractivity contribution in [2.45, 2.75) is 25.8 Å². The molecule has 17 heavy (non-hydrogen) atoms. The van der Waals surface area contributed by atoms with Crippen molar-refractivity contribution in [3.05, 3.63) is 53.3 Å². The molecule has 0 bridgehead atoms. The second kappa shape index (κ2) is 5.15. The van der Waals surface area contributed by atoms with Gasteiger partial charge >= 0.3 is 0 Å². The fourth-order valence-corrected chi connectivity index (χ4v) is 1.90. The normalized spacial score (nSPS) is 12.6. The van der Waals surface area contributed by atoms with Crippen LogP contribution in [0.25, 0.3) is 0 Å². The largest absolute Gasteiger partial charge is 0.324 e. The fourth-order valence-electron chi connectivity index (χ4n) is 1.90. The third kappa shape index (κ3) is 3.17. The van der Waals surface area contributed by atoms with E-state index in [1.807, 2.05) is 24.1 Å². The SMILES string of the molecule is Cc1ccc(C(N)CCc2cnn(C)c2)cc1. The van der Waals surface area contributed by atoms with Gasteiger partial charge in [0.1, 0.15) is 0 Å². The van der Waals surface area contributed by atoms with E-state index in [1.165, 1.54) is 16.7 Å². The van der Waals surface area contributed by atoms with Gasteiger partial charge in [0.05, 0.1) is 6.20 Å². The Balaban J connectivity index is 1.93. The van der Waals surface area contributed by atoms with Crippen LogP contribution in [0.3, 0.4) is 0 Å². The predicted octanol–water partition coefficient (Wildman–Crippen LogP) is 2.36. The second-order valence-electron chi connectivity index (χ2n) is 4.58. The van der Waals surface area contributed by atoms with E-state index < -0.39 is 0 Å². The number of rotatable bonds is 4. The van der Waals surface area contributed by atoms with Gasteiger partial charge < -0.3 is 5.73 Å². The molecule has 3 nitrogen and oxygen atoms in total. The summed E-state index contributed by atoms with van der Waals surface area (Å²) in [7, 11) is 1.93. The van der Waals surface area contributed by atoms with E-state index in [0.717, 1.165) is 12.8 Å². The zero-order valence-corrected chi connectivity index (χ0v) is 10.4. The molecule has 0 aliphatic rings. The first-order valence-corrected chi connectivity index (χ1v) is 5.95. The molecule has 0 saturated carbocycles. The average Bonchev–Trinajstić information content (AvgIpc) is 2.73. The maximum atomic E-state index is 6.17. The minimum absolute atomic E-state index is 0.107. The molecule has 0 aliphatic carbocycles. The molecule has 0 radical (unpaired) electrons. The Bertz CT molecular complexity index is 470. The number of aromatic nitrogens is 2. The van der Waals surface area contributed by atoms with Crippen LogP contribution in [-0.4, -0.2) is 9.78 Å². The third-order valence-electron chi connectivity index (χ3n) is 3.01. The molecule has 1 aromatic carbocycles. The molecule has 2 N–H and O–H groups in total. The van der Waals surface area contributed by atoms with Gasteiger partial charge in [-0.3, -0.25) is 4.68 Å². The van der Waals surface area contributed by atoms with Crippen LogP contribution in [0.5, 0.6) is 0 Å². The van der Waals surface area contributed by atoms with Crippen LogP contribution in [0, 0.1) is 6.92 Å². The Morgan fingerprint density at radius 3 is 2.59 bits per heavy atom. The summed E-state index contributed by atoms with van der Waals surface area (Å²) in [5.74, 6) is 0. The fraction of sp³-hybridized carbons (Fsp3) is 0.357. The molecule has 90 valence electrons. The smallest absolute Gasteiger partial charge is 0.0521 e. The van der Waals surface area contributed by atoms with E-state index in [1.54, 1.807) is 0 Å². The Labute approximate surface area is 102 Å². The molecule has 0 amide bonds. The lowest BCUT2D eigenvalue weighted by Crippen LogP contribution is -2.11. The zero-order valence-electron chi connectivity index (χ0n) is 10.4. The highest BCUT2D eigenvalue weighted by molar-refractivity contribution is 5.24. The molecule has 0 fully saturated rings. The summed E-state index contributed by atoms with van der Waals surface area (Å²) in [6.07, 6.45) is 5.88. The summed E-state index contributed by atoms with van der Waals surface area (Å²) < 4.78 is 1.83. The maximum absolute atomic E-state index is 6.17. The minimum Gasteiger partial charge on any atom is -0.324 e. The van der Waals surface area contributed by atoms with Crippen molar-refractivity contribution in [1.82, 2.24) is 9.78 Å². The zero-order chi connectivity index (χ0) is 12.3. The summed E-state index contributed by atoms with van der Waals surface area (Å²) in [5, 5.41) is 4.15. The summed E-state index contributed by atoms with van der Waals surface area (Å²) >= 11 is 0. The Morgan fingerprint density at radius 2 is 2.00 bits per heavy atom. The molecule has 3 heteroatoms. The molecular weight excluding hydrogens is 210 g/mol. The molecule has 1 atom stereocenters. The van der Waals surface area contributed by atoms with Gasteiger partial charge in [0.2, 0.25) is 0 Å².